The Labute approximate surface area is 194 Å². The molecular formula is C23H25N3O5S2. The molecule has 3 rings (SSSR count). The largest absolute Gasteiger partial charge is 0.322 e. The molecule has 10 heteroatoms. The van der Waals surface area contributed by atoms with Crippen molar-refractivity contribution in [3.05, 3.63) is 83.4 Å². The number of sulfonamides is 2. The molecule has 0 bridgehead atoms. The molecule has 0 aliphatic carbocycles. The molecule has 33 heavy (non-hydrogen) atoms. The van der Waals surface area contributed by atoms with Crippen LogP contribution in [-0.2, 0) is 20.0 Å². The Bertz CT molecular complexity index is 1400. The third-order valence-electron chi connectivity index (χ3n) is 5.01. The number of rotatable bonds is 7. The van der Waals surface area contributed by atoms with Gasteiger partial charge in [-0.05, 0) is 61.9 Å². The Morgan fingerprint density at radius 1 is 0.848 bits per heavy atom. The van der Waals surface area contributed by atoms with Crippen molar-refractivity contribution in [1.29, 1.82) is 0 Å². The molecule has 0 radical (unpaired) electrons. The van der Waals surface area contributed by atoms with Crippen LogP contribution in [0.4, 0.5) is 17.1 Å². The minimum atomic E-state index is -3.92. The molecule has 8 nitrogen and oxygen atoms in total. The van der Waals surface area contributed by atoms with Crippen LogP contribution < -0.4 is 14.3 Å². The third kappa shape index (κ3) is 5.91. The van der Waals surface area contributed by atoms with E-state index in [-0.39, 0.29) is 10.5 Å². The van der Waals surface area contributed by atoms with Crippen molar-refractivity contribution < 1.29 is 21.6 Å². The molecule has 0 aromatic heterocycles. The first-order chi connectivity index (χ1) is 15.4. The first-order valence-corrected chi connectivity index (χ1v) is 13.3. The van der Waals surface area contributed by atoms with E-state index in [0.29, 0.717) is 22.6 Å². The third-order valence-corrected chi connectivity index (χ3v) is 7.74. The van der Waals surface area contributed by atoms with Gasteiger partial charge in [0, 0.05) is 24.0 Å². The van der Waals surface area contributed by atoms with E-state index in [2.05, 4.69) is 10.0 Å². The lowest BCUT2D eigenvalue weighted by atomic mass is 10.1. The zero-order chi connectivity index (χ0) is 24.4. The van der Waals surface area contributed by atoms with Crippen molar-refractivity contribution in [3.8, 4) is 0 Å². The quantitative estimate of drug-likeness (QED) is 0.527. The molecule has 0 spiro atoms. The van der Waals surface area contributed by atoms with E-state index in [1.54, 1.807) is 55.5 Å². The van der Waals surface area contributed by atoms with Crippen LogP contribution in [0.15, 0.2) is 71.6 Å². The van der Waals surface area contributed by atoms with Crippen LogP contribution in [0.1, 0.15) is 21.5 Å². The van der Waals surface area contributed by atoms with Crippen molar-refractivity contribution in [2.45, 2.75) is 18.7 Å². The summed E-state index contributed by atoms with van der Waals surface area (Å²) >= 11 is 0. The SMILES string of the molecule is Cc1ccc(NS(=O)(=O)c2cc(C(=O)Nc3cccc(N(C)S(C)(=O)=O)c3)ccc2C)cc1. The first-order valence-electron chi connectivity index (χ1n) is 9.92. The van der Waals surface area contributed by atoms with Crippen molar-refractivity contribution in [3.63, 3.8) is 0 Å². The van der Waals surface area contributed by atoms with Crippen LogP contribution in [0.3, 0.4) is 0 Å². The number of carbonyl (C=O) groups excluding carboxylic acids is 1. The average Bonchev–Trinajstić information content (AvgIpc) is 2.74. The Balaban J connectivity index is 1.86. The van der Waals surface area contributed by atoms with Gasteiger partial charge in [-0.3, -0.25) is 13.8 Å². The highest BCUT2D eigenvalue weighted by Crippen LogP contribution is 2.23. The van der Waals surface area contributed by atoms with E-state index in [9.17, 15) is 21.6 Å². The normalized spacial score (nSPS) is 11.6. The number of hydrogen-bond donors (Lipinski definition) is 2. The summed E-state index contributed by atoms with van der Waals surface area (Å²) in [5.74, 6) is -0.527. The fourth-order valence-corrected chi connectivity index (χ4v) is 4.86. The number of nitrogens with zero attached hydrogens (tertiary/aromatic N) is 1. The Hall–Kier alpha value is -3.37. The molecule has 0 saturated heterocycles. The summed E-state index contributed by atoms with van der Waals surface area (Å²) in [6.45, 7) is 3.55. The zero-order valence-corrected chi connectivity index (χ0v) is 20.3. The van der Waals surface area contributed by atoms with Crippen molar-refractivity contribution in [2.75, 3.05) is 27.6 Å². The van der Waals surface area contributed by atoms with Gasteiger partial charge in [-0.2, -0.15) is 0 Å². The highest BCUT2D eigenvalue weighted by atomic mass is 32.2. The maximum atomic E-state index is 12.9. The molecule has 1 amide bonds. The predicted octanol–water partition coefficient (Wildman–Crippen LogP) is 3.75. The average molecular weight is 488 g/mol. The summed E-state index contributed by atoms with van der Waals surface area (Å²) in [6.07, 6.45) is 1.08. The lowest BCUT2D eigenvalue weighted by Gasteiger charge is -2.17. The van der Waals surface area contributed by atoms with Crippen LogP contribution in [0.25, 0.3) is 0 Å². The predicted molar refractivity (Wildman–Crippen MR) is 131 cm³/mol. The number of aryl methyl sites for hydroxylation is 2. The summed E-state index contributed by atoms with van der Waals surface area (Å²) in [4.78, 5) is 12.8. The van der Waals surface area contributed by atoms with Crippen LogP contribution in [0.5, 0.6) is 0 Å². The summed E-state index contributed by atoms with van der Waals surface area (Å²) < 4.78 is 53.1. The molecule has 3 aromatic carbocycles. The molecule has 3 aromatic rings. The van der Waals surface area contributed by atoms with Crippen molar-refractivity contribution >= 4 is 43.0 Å². The second-order valence-corrected chi connectivity index (χ2v) is 11.4. The van der Waals surface area contributed by atoms with Gasteiger partial charge in [0.15, 0.2) is 0 Å². The van der Waals surface area contributed by atoms with Gasteiger partial charge in [0.25, 0.3) is 15.9 Å². The number of anilines is 3. The molecule has 0 unspecified atom stereocenters. The van der Waals surface area contributed by atoms with Gasteiger partial charge in [-0.25, -0.2) is 16.8 Å². The number of carbonyl (C=O) groups is 1. The summed E-state index contributed by atoms with van der Waals surface area (Å²) in [6, 6.07) is 17.7. The topological polar surface area (TPSA) is 113 Å². The minimum Gasteiger partial charge on any atom is -0.322 e. The molecule has 0 atom stereocenters. The lowest BCUT2D eigenvalue weighted by molar-refractivity contribution is 0.102. The standard InChI is InChI=1S/C23H25N3O5S2/c1-16-8-12-19(13-9-16)25-33(30,31)22-14-18(11-10-17(22)2)23(27)24-20-6-5-7-21(15-20)26(3)32(4,28)29/h5-15,25H,1-4H3,(H,24,27). The van der Waals surface area contributed by atoms with E-state index < -0.39 is 26.0 Å². The highest BCUT2D eigenvalue weighted by Gasteiger charge is 2.20. The maximum absolute atomic E-state index is 12.9. The molecular weight excluding hydrogens is 462 g/mol. The summed E-state index contributed by atoms with van der Waals surface area (Å²) in [5.41, 5.74) is 2.80. The molecule has 0 saturated carbocycles. The van der Waals surface area contributed by atoms with Crippen LogP contribution in [0.2, 0.25) is 0 Å². The molecule has 0 aliphatic heterocycles. The second kappa shape index (κ2) is 9.24. The van der Waals surface area contributed by atoms with Crippen LogP contribution >= 0.6 is 0 Å². The van der Waals surface area contributed by atoms with Crippen LogP contribution in [0, 0.1) is 13.8 Å². The van der Waals surface area contributed by atoms with Gasteiger partial charge in [0.2, 0.25) is 10.0 Å². The van der Waals surface area contributed by atoms with Crippen LogP contribution in [-0.4, -0.2) is 36.0 Å². The van der Waals surface area contributed by atoms with Gasteiger partial charge in [0.05, 0.1) is 16.8 Å². The van der Waals surface area contributed by atoms with Gasteiger partial charge in [-0.1, -0.05) is 29.8 Å². The molecule has 2 N–H and O–H groups in total. The smallest absolute Gasteiger partial charge is 0.262 e. The first kappa shape index (κ1) is 24.3. The Morgan fingerprint density at radius 3 is 2.15 bits per heavy atom. The number of hydrogen-bond acceptors (Lipinski definition) is 5. The van der Waals surface area contributed by atoms with E-state index in [1.807, 2.05) is 6.92 Å². The Morgan fingerprint density at radius 2 is 1.52 bits per heavy atom. The second-order valence-electron chi connectivity index (χ2n) is 7.69. The number of benzene rings is 3. The highest BCUT2D eigenvalue weighted by molar-refractivity contribution is 7.92. The van der Waals surface area contributed by atoms with Gasteiger partial charge >= 0.3 is 0 Å². The van der Waals surface area contributed by atoms with E-state index >= 15 is 0 Å². The minimum absolute atomic E-state index is 0.0127. The lowest BCUT2D eigenvalue weighted by Crippen LogP contribution is -2.25. The molecule has 174 valence electrons. The molecule has 0 heterocycles. The van der Waals surface area contributed by atoms with E-state index in [4.69, 9.17) is 0 Å². The maximum Gasteiger partial charge on any atom is 0.262 e. The zero-order valence-electron chi connectivity index (χ0n) is 18.7. The fourth-order valence-electron chi connectivity index (χ4n) is 3.04. The van der Waals surface area contributed by atoms with Crippen molar-refractivity contribution in [1.82, 2.24) is 0 Å². The Kier molecular flexibility index (Phi) is 6.80. The summed E-state index contributed by atoms with van der Waals surface area (Å²) in [5, 5.41) is 2.68. The van der Waals surface area contributed by atoms with E-state index in [0.717, 1.165) is 16.1 Å². The van der Waals surface area contributed by atoms with E-state index in [1.165, 1.54) is 25.2 Å². The molecule has 0 aliphatic rings. The number of amides is 1. The fraction of sp³-hybridized carbons (Fsp3) is 0.174. The monoisotopic (exact) mass is 487 g/mol. The van der Waals surface area contributed by atoms with Gasteiger partial charge in [-0.15, -0.1) is 0 Å². The molecule has 0 fully saturated rings. The number of nitrogens with one attached hydrogen (secondary N) is 2. The van der Waals surface area contributed by atoms with Gasteiger partial charge in [0.1, 0.15) is 0 Å². The summed E-state index contributed by atoms with van der Waals surface area (Å²) in [7, 11) is -5.97. The van der Waals surface area contributed by atoms with Crippen molar-refractivity contribution in [2.24, 2.45) is 0 Å². The van der Waals surface area contributed by atoms with Gasteiger partial charge < -0.3 is 5.32 Å².